The van der Waals surface area contributed by atoms with Gasteiger partial charge >= 0.3 is 0 Å². The minimum atomic E-state index is -0.878. The van der Waals surface area contributed by atoms with Crippen LogP contribution in [0.2, 0.25) is 10.0 Å². The number of nitrogens with zero attached hydrogens (tertiary/aromatic N) is 2. The normalized spacial score (nSPS) is 10.5. The van der Waals surface area contributed by atoms with E-state index in [2.05, 4.69) is 20.6 Å². The van der Waals surface area contributed by atoms with E-state index in [4.69, 9.17) is 23.2 Å². The maximum Gasteiger partial charge on any atom is 0.258 e. The highest BCUT2D eigenvalue weighted by atomic mass is 35.5. The van der Waals surface area contributed by atoms with E-state index in [1.807, 2.05) is 0 Å². The lowest BCUT2D eigenvalue weighted by atomic mass is 10.2. The van der Waals surface area contributed by atoms with E-state index in [0.717, 1.165) is 12.1 Å². The average molecular weight is 395 g/mol. The van der Waals surface area contributed by atoms with Crippen molar-refractivity contribution in [2.75, 3.05) is 10.6 Å². The molecule has 0 aliphatic heterocycles. The Kier molecular flexibility index (Phi) is 5.29. The second-order valence-corrected chi connectivity index (χ2v) is 5.91. The van der Waals surface area contributed by atoms with Gasteiger partial charge in [-0.2, -0.15) is 0 Å². The second-order valence-electron chi connectivity index (χ2n) is 5.10. The monoisotopic (exact) mass is 394 g/mol. The zero-order valence-electron chi connectivity index (χ0n) is 12.9. The minimum absolute atomic E-state index is 0.0346. The Balaban J connectivity index is 1.72. The first-order valence-corrected chi connectivity index (χ1v) is 7.99. The predicted octanol–water partition coefficient (Wildman–Crippen LogP) is 5.06. The molecule has 132 valence electrons. The predicted molar refractivity (Wildman–Crippen MR) is 96.1 cm³/mol. The van der Waals surface area contributed by atoms with Crippen molar-refractivity contribution in [3.05, 3.63) is 76.0 Å². The quantitative estimate of drug-likeness (QED) is 0.648. The number of aromatic nitrogens is 2. The maximum atomic E-state index is 13.6. The summed E-state index contributed by atoms with van der Waals surface area (Å²) >= 11 is 11.8. The van der Waals surface area contributed by atoms with Crippen molar-refractivity contribution < 1.29 is 13.6 Å². The van der Waals surface area contributed by atoms with E-state index in [0.29, 0.717) is 15.7 Å². The molecule has 9 heteroatoms. The van der Waals surface area contributed by atoms with Crippen LogP contribution in [0.15, 0.2) is 48.8 Å². The maximum absolute atomic E-state index is 13.6. The van der Waals surface area contributed by atoms with Crippen molar-refractivity contribution in [2.45, 2.75) is 0 Å². The van der Waals surface area contributed by atoms with Gasteiger partial charge in [-0.3, -0.25) is 4.79 Å². The van der Waals surface area contributed by atoms with E-state index in [9.17, 15) is 13.6 Å². The summed E-state index contributed by atoms with van der Waals surface area (Å²) in [5.74, 6) is -2.29. The number of hydrogen-bond acceptors (Lipinski definition) is 4. The Hall–Kier alpha value is -2.77. The van der Waals surface area contributed by atoms with Crippen LogP contribution in [0.3, 0.4) is 0 Å². The first-order valence-electron chi connectivity index (χ1n) is 7.23. The van der Waals surface area contributed by atoms with Crippen molar-refractivity contribution in [1.82, 2.24) is 9.97 Å². The van der Waals surface area contributed by atoms with Crippen LogP contribution < -0.4 is 10.6 Å². The van der Waals surface area contributed by atoms with Crippen LogP contribution in [-0.4, -0.2) is 15.9 Å². The number of carbonyl (C=O) groups is 1. The molecule has 26 heavy (non-hydrogen) atoms. The average Bonchev–Trinajstić information content (AvgIpc) is 2.62. The van der Waals surface area contributed by atoms with Crippen molar-refractivity contribution in [3.8, 4) is 0 Å². The van der Waals surface area contributed by atoms with Crippen LogP contribution >= 0.6 is 23.2 Å². The fraction of sp³-hybridized carbons (Fsp3) is 0. The summed E-state index contributed by atoms with van der Waals surface area (Å²) in [7, 11) is 0. The van der Waals surface area contributed by atoms with Gasteiger partial charge in [-0.15, -0.1) is 0 Å². The van der Waals surface area contributed by atoms with Crippen molar-refractivity contribution in [2.24, 2.45) is 0 Å². The van der Waals surface area contributed by atoms with E-state index < -0.39 is 23.2 Å². The fourth-order valence-electron chi connectivity index (χ4n) is 2.02. The number of para-hydroxylation sites is 1. The molecule has 1 aromatic heterocycles. The molecule has 0 aliphatic carbocycles. The van der Waals surface area contributed by atoms with Crippen molar-refractivity contribution in [1.29, 1.82) is 0 Å². The summed E-state index contributed by atoms with van der Waals surface area (Å²) < 4.78 is 27.2. The van der Waals surface area contributed by atoms with E-state index >= 15 is 0 Å². The van der Waals surface area contributed by atoms with Gasteiger partial charge in [0.25, 0.3) is 5.91 Å². The third-order valence-electron chi connectivity index (χ3n) is 3.29. The zero-order chi connectivity index (χ0) is 18.7. The van der Waals surface area contributed by atoms with E-state index in [1.54, 1.807) is 18.2 Å². The molecule has 0 spiro atoms. The minimum Gasteiger partial charge on any atom is -0.324 e. The van der Waals surface area contributed by atoms with Crippen LogP contribution in [0.1, 0.15) is 10.4 Å². The molecule has 0 radical (unpaired) electrons. The lowest BCUT2D eigenvalue weighted by Crippen LogP contribution is -2.15. The first-order chi connectivity index (χ1) is 12.4. The highest BCUT2D eigenvalue weighted by Gasteiger charge is 2.14. The van der Waals surface area contributed by atoms with Gasteiger partial charge < -0.3 is 10.6 Å². The van der Waals surface area contributed by atoms with Crippen molar-refractivity contribution in [3.63, 3.8) is 0 Å². The number of amides is 1. The number of nitrogens with one attached hydrogen (secondary N) is 2. The van der Waals surface area contributed by atoms with Gasteiger partial charge in [-0.05, 0) is 30.3 Å². The molecule has 0 fully saturated rings. The fourth-order valence-corrected chi connectivity index (χ4v) is 2.31. The molecule has 1 amide bonds. The number of carbonyl (C=O) groups excluding carboxylic acids is 1. The largest absolute Gasteiger partial charge is 0.324 e. The molecule has 0 atom stereocenters. The lowest BCUT2D eigenvalue weighted by molar-refractivity contribution is 0.102. The zero-order valence-corrected chi connectivity index (χ0v) is 14.4. The molecule has 0 bridgehead atoms. The topological polar surface area (TPSA) is 66.9 Å². The summed E-state index contributed by atoms with van der Waals surface area (Å²) in [6, 6.07) is 8.16. The molecule has 2 N–H and O–H groups in total. The molecule has 3 aromatic rings. The molecule has 2 aromatic carbocycles. The lowest BCUT2D eigenvalue weighted by Gasteiger charge is -2.08. The Morgan fingerprint density at radius 3 is 2.23 bits per heavy atom. The van der Waals surface area contributed by atoms with Crippen LogP contribution in [0.25, 0.3) is 0 Å². The molecule has 1 heterocycles. The van der Waals surface area contributed by atoms with Gasteiger partial charge in [-0.25, -0.2) is 18.7 Å². The van der Waals surface area contributed by atoms with Crippen molar-refractivity contribution >= 4 is 46.4 Å². The Morgan fingerprint density at radius 1 is 0.962 bits per heavy atom. The third kappa shape index (κ3) is 4.07. The Bertz CT molecular complexity index is 947. The number of hydrogen-bond donors (Lipinski definition) is 2. The molecule has 0 saturated heterocycles. The first kappa shape index (κ1) is 18.0. The van der Waals surface area contributed by atoms with Crippen LogP contribution in [0, 0.1) is 11.6 Å². The molecule has 0 saturated carbocycles. The van der Waals surface area contributed by atoms with Gasteiger partial charge in [0.1, 0.15) is 17.3 Å². The van der Waals surface area contributed by atoms with Gasteiger partial charge in [0.2, 0.25) is 5.95 Å². The molecule has 0 aliphatic rings. The van der Waals surface area contributed by atoms with Gasteiger partial charge in [-0.1, -0.05) is 29.3 Å². The van der Waals surface area contributed by atoms with Crippen LogP contribution in [0.5, 0.6) is 0 Å². The van der Waals surface area contributed by atoms with Gasteiger partial charge in [0.05, 0.1) is 15.6 Å². The molecule has 3 rings (SSSR count). The van der Waals surface area contributed by atoms with Crippen LogP contribution in [0.4, 0.5) is 26.1 Å². The standard InChI is InChI=1S/C17H10Cl2F2N4O/c18-11-5-4-10(6-12(11)19)24-17-22-7-9(8-23-17)16(26)25-15-13(20)2-1-3-14(15)21/h1-8H,(H,25,26)(H,22,23,24). The summed E-state index contributed by atoms with van der Waals surface area (Å²) in [5.41, 5.74) is 0.105. The summed E-state index contributed by atoms with van der Waals surface area (Å²) in [6.07, 6.45) is 2.45. The molecular weight excluding hydrogens is 385 g/mol. The SMILES string of the molecule is O=C(Nc1c(F)cccc1F)c1cnc(Nc2ccc(Cl)c(Cl)c2)nc1. The summed E-state index contributed by atoms with van der Waals surface area (Å²) in [5, 5.41) is 5.81. The smallest absolute Gasteiger partial charge is 0.258 e. The number of rotatable bonds is 4. The van der Waals surface area contributed by atoms with E-state index in [-0.39, 0.29) is 11.5 Å². The van der Waals surface area contributed by atoms with Gasteiger partial charge in [0.15, 0.2) is 0 Å². The number of benzene rings is 2. The van der Waals surface area contributed by atoms with E-state index in [1.165, 1.54) is 18.5 Å². The molecule has 5 nitrogen and oxygen atoms in total. The Morgan fingerprint density at radius 2 is 1.62 bits per heavy atom. The number of halogens is 4. The molecular formula is C17H10Cl2F2N4O. The second kappa shape index (κ2) is 7.63. The molecule has 0 unspecified atom stereocenters. The third-order valence-corrected chi connectivity index (χ3v) is 4.03. The highest BCUT2D eigenvalue weighted by molar-refractivity contribution is 6.42. The Labute approximate surface area is 157 Å². The van der Waals surface area contributed by atoms with Gasteiger partial charge in [0, 0.05) is 18.1 Å². The summed E-state index contributed by atoms with van der Waals surface area (Å²) in [4.78, 5) is 20.1. The number of anilines is 3. The van der Waals surface area contributed by atoms with Crippen LogP contribution in [-0.2, 0) is 0 Å². The highest BCUT2D eigenvalue weighted by Crippen LogP contribution is 2.26. The summed E-state index contributed by atoms with van der Waals surface area (Å²) in [6.45, 7) is 0.